The number of rotatable bonds is 4. The maximum absolute atomic E-state index is 2.51. The van der Waals surface area contributed by atoms with Crippen molar-refractivity contribution in [3.8, 4) is 0 Å². The van der Waals surface area contributed by atoms with E-state index in [1.807, 2.05) is 0 Å². The summed E-state index contributed by atoms with van der Waals surface area (Å²) in [6, 6.07) is 11.1. The fraction of sp³-hybridized carbons (Fsp3) is 0.556. The number of aromatic nitrogens is 1. The van der Waals surface area contributed by atoms with Crippen LogP contribution in [0.1, 0.15) is 38.5 Å². The number of hydrogen-bond acceptors (Lipinski definition) is 0. The molecule has 2 saturated carbocycles. The van der Waals surface area contributed by atoms with Crippen LogP contribution in [-0.2, 0) is 6.54 Å². The van der Waals surface area contributed by atoms with Crippen molar-refractivity contribution in [2.75, 3.05) is 0 Å². The van der Waals surface area contributed by atoms with Crippen molar-refractivity contribution in [1.82, 2.24) is 4.57 Å². The first-order chi connectivity index (χ1) is 9.42. The van der Waals surface area contributed by atoms with Crippen LogP contribution >= 0.6 is 0 Å². The third kappa shape index (κ3) is 2.00. The van der Waals surface area contributed by atoms with Gasteiger partial charge in [0, 0.05) is 18.3 Å². The van der Waals surface area contributed by atoms with Gasteiger partial charge < -0.3 is 4.57 Å². The zero-order valence-corrected chi connectivity index (χ0v) is 11.6. The lowest BCUT2D eigenvalue weighted by molar-refractivity contribution is 0.0795. The van der Waals surface area contributed by atoms with E-state index in [2.05, 4.69) is 41.1 Å². The predicted octanol–water partition coefficient (Wildman–Crippen LogP) is 4.86. The number of hydrogen-bond donors (Lipinski definition) is 0. The van der Waals surface area contributed by atoms with Crippen molar-refractivity contribution < 1.29 is 0 Å². The molecule has 1 aromatic carbocycles. The molecule has 1 nitrogen and oxygen atoms in total. The van der Waals surface area contributed by atoms with Gasteiger partial charge in [-0.15, -0.1) is 0 Å². The highest BCUT2D eigenvalue weighted by Crippen LogP contribution is 2.45. The molecule has 2 aliphatic carbocycles. The first-order valence-electron chi connectivity index (χ1n) is 7.96. The van der Waals surface area contributed by atoms with Gasteiger partial charge in [-0.05, 0) is 35.3 Å². The molecule has 0 unspecified atom stereocenters. The van der Waals surface area contributed by atoms with Gasteiger partial charge in [0.15, 0.2) is 0 Å². The molecule has 4 rings (SSSR count). The van der Waals surface area contributed by atoms with Crippen LogP contribution in [0.15, 0.2) is 36.5 Å². The molecule has 1 heterocycles. The van der Waals surface area contributed by atoms with Crippen molar-refractivity contribution in [2.45, 2.75) is 45.1 Å². The number of fused-ring (bicyclic) bond motifs is 1. The SMILES string of the molecule is c1ccc2c(c1)ccn2CC(C1CCC1)C1CCC1. The highest BCUT2D eigenvalue weighted by atomic mass is 15.0. The second-order valence-corrected chi connectivity index (χ2v) is 6.57. The van der Waals surface area contributed by atoms with Crippen LogP contribution in [0.4, 0.5) is 0 Å². The van der Waals surface area contributed by atoms with Crippen LogP contribution in [0.5, 0.6) is 0 Å². The number of para-hydroxylation sites is 1. The van der Waals surface area contributed by atoms with E-state index >= 15 is 0 Å². The maximum atomic E-state index is 2.51. The van der Waals surface area contributed by atoms with Crippen molar-refractivity contribution in [3.63, 3.8) is 0 Å². The second-order valence-electron chi connectivity index (χ2n) is 6.57. The Hall–Kier alpha value is -1.24. The Bertz CT molecular complexity index is 546. The normalized spacial score (nSPS) is 20.7. The van der Waals surface area contributed by atoms with Crippen LogP contribution in [0.3, 0.4) is 0 Å². The van der Waals surface area contributed by atoms with Crippen LogP contribution in [0.25, 0.3) is 10.9 Å². The van der Waals surface area contributed by atoms with Gasteiger partial charge in [-0.25, -0.2) is 0 Å². The van der Waals surface area contributed by atoms with Gasteiger partial charge in [0.1, 0.15) is 0 Å². The Morgan fingerprint density at radius 1 is 0.947 bits per heavy atom. The standard InChI is InChI=1S/C18H23N/c1-2-10-18-16(5-1)11-12-19(18)13-17(14-6-3-7-14)15-8-4-9-15/h1-2,5,10-12,14-15,17H,3-4,6-9,13H2. The van der Waals surface area contributed by atoms with Gasteiger partial charge in [0.25, 0.3) is 0 Å². The highest BCUT2D eigenvalue weighted by Gasteiger charge is 2.36. The summed E-state index contributed by atoms with van der Waals surface area (Å²) in [5, 5.41) is 1.39. The molecule has 100 valence electrons. The lowest BCUT2D eigenvalue weighted by atomic mass is 9.64. The van der Waals surface area contributed by atoms with E-state index in [0.29, 0.717) is 0 Å². The van der Waals surface area contributed by atoms with Crippen molar-refractivity contribution >= 4 is 10.9 Å². The molecule has 0 atom stereocenters. The Balaban J connectivity index is 1.60. The first kappa shape index (κ1) is 11.6. The molecular weight excluding hydrogens is 230 g/mol. The van der Waals surface area contributed by atoms with Gasteiger partial charge in [-0.2, -0.15) is 0 Å². The van der Waals surface area contributed by atoms with E-state index in [4.69, 9.17) is 0 Å². The van der Waals surface area contributed by atoms with E-state index in [-0.39, 0.29) is 0 Å². The Morgan fingerprint density at radius 2 is 1.63 bits per heavy atom. The van der Waals surface area contributed by atoms with Crippen LogP contribution in [0, 0.1) is 17.8 Å². The van der Waals surface area contributed by atoms with Gasteiger partial charge >= 0.3 is 0 Å². The average Bonchev–Trinajstić information content (AvgIpc) is 2.68. The van der Waals surface area contributed by atoms with Gasteiger partial charge in [0.05, 0.1) is 0 Å². The average molecular weight is 253 g/mol. The molecule has 1 heteroatoms. The third-order valence-corrected chi connectivity index (χ3v) is 5.60. The van der Waals surface area contributed by atoms with Crippen LogP contribution in [-0.4, -0.2) is 4.57 Å². The minimum absolute atomic E-state index is 0.943. The fourth-order valence-corrected chi connectivity index (χ4v) is 3.95. The molecule has 0 bridgehead atoms. The summed E-state index contributed by atoms with van der Waals surface area (Å²) in [5.41, 5.74) is 1.42. The third-order valence-electron chi connectivity index (χ3n) is 5.60. The topological polar surface area (TPSA) is 4.93 Å². The fourth-order valence-electron chi connectivity index (χ4n) is 3.95. The molecule has 19 heavy (non-hydrogen) atoms. The zero-order valence-electron chi connectivity index (χ0n) is 11.6. The van der Waals surface area contributed by atoms with Gasteiger partial charge in [0.2, 0.25) is 0 Å². The van der Waals surface area contributed by atoms with Crippen LogP contribution in [0.2, 0.25) is 0 Å². The van der Waals surface area contributed by atoms with E-state index in [9.17, 15) is 0 Å². The monoisotopic (exact) mass is 253 g/mol. The smallest absolute Gasteiger partial charge is 0.0480 e. The minimum Gasteiger partial charge on any atom is -0.347 e. The molecule has 0 saturated heterocycles. The number of benzene rings is 1. The Labute approximate surface area is 115 Å². The Morgan fingerprint density at radius 3 is 2.26 bits per heavy atom. The molecular formula is C18H23N. The second kappa shape index (κ2) is 4.70. The molecule has 1 aromatic heterocycles. The maximum Gasteiger partial charge on any atom is 0.0480 e. The van der Waals surface area contributed by atoms with Crippen molar-refractivity contribution in [2.24, 2.45) is 17.8 Å². The lowest BCUT2D eigenvalue weighted by Gasteiger charge is -2.43. The lowest BCUT2D eigenvalue weighted by Crippen LogP contribution is -2.35. The minimum atomic E-state index is 0.943. The van der Waals surface area contributed by atoms with Gasteiger partial charge in [-0.1, -0.05) is 56.7 Å². The van der Waals surface area contributed by atoms with E-state index in [0.717, 1.165) is 17.8 Å². The summed E-state index contributed by atoms with van der Waals surface area (Å²) in [6.45, 7) is 1.25. The van der Waals surface area contributed by atoms with E-state index < -0.39 is 0 Å². The van der Waals surface area contributed by atoms with Crippen LogP contribution < -0.4 is 0 Å². The molecule has 0 aliphatic heterocycles. The quantitative estimate of drug-likeness (QED) is 0.733. The predicted molar refractivity (Wildman–Crippen MR) is 80.1 cm³/mol. The van der Waals surface area contributed by atoms with Gasteiger partial charge in [-0.3, -0.25) is 0 Å². The van der Waals surface area contributed by atoms with Crippen molar-refractivity contribution in [1.29, 1.82) is 0 Å². The first-order valence-corrected chi connectivity index (χ1v) is 7.96. The summed E-state index contributed by atoms with van der Waals surface area (Å²) in [4.78, 5) is 0. The molecule has 2 aromatic rings. The molecule has 0 radical (unpaired) electrons. The molecule has 0 spiro atoms. The Kier molecular flexibility index (Phi) is 2.86. The highest BCUT2D eigenvalue weighted by molar-refractivity contribution is 5.79. The van der Waals surface area contributed by atoms with Crippen molar-refractivity contribution in [3.05, 3.63) is 36.5 Å². The summed E-state index contributed by atoms with van der Waals surface area (Å²) in [6.07, 6.45) is 11.2. The summed E-state index contributed by atoms with van der Waals surface area (Å²) >= 11 is 0. The number of nitrogens with zero attached hydrogens (tertiary/aromatic N) is 1. The molecule has 2 aliphatic rings. The zero-order chi connectivity index (χ0) is 12.7. The molecule has 0 N–H and O–H groups in total. The molecule has 2 fully saturated rings. The van der Waals surface area contributed by atoms with E-state index in [1.54, 1.807) is 0 Å². The summed E-state index contributed by atoms with van der Waals surface area (Å²) in [5.74, 6) is 2.98. The summed E-state index contributed by atoms with van der Waals surface area (Å²) < 4.78 is 2.51. The summed E-state index contributed by atoms with van der Waals surface area (Å²) in [7, 11) is 0. The molecule has 0 amide bonds. The van der Waals surface area contributed by atoms with E-state index in [1.165, 1.54) is 56.0 Å². The largest absolute Gasteiger partial charge is 0.347 e.